The van der Waals surface area contributed by atoms with Gasteiger partial charge in [-0.3, -0.25) is 9.59 Å². The van der Waals surface area contributed by atoms with Crippen molar-refractivity contribution in [3.63, 3.8) is 0 Å². The van der Waals surface area contributed by atoms with Gasteiger partial charge in [0, 0.05) is 18.3 Å². The van der Waals surface area contributed by atoms with Crippen molar-refractivity contribution in [3.05, 3.63) is 0 Å². The predicted octanol–water partition coefficient (Wildman–Crippen LogP) is 2.27. The van der Waals surface area contributed by atoms with Crippen LogP contribution in [0.4, 0.5) is 0 Å². The maximum Gasteiger partial charge on any atom is 0.308 e. The first-order chi connectivity index (χ1) is 6.81. The fraction of sp³-hybridized carbons (Fsp3) is 0.818. The van der Waals surface area contributed by atoms with Crippen LogP contribution in [0, 0.1) is 5.41 Å². The van der Waals surface area contributed by atoms with Crippen molar-refractivity contribution in [3.8, 4) is 0 Å². The van der Waals surface area contributed by atoms with E-state index in [1.54, 1.807) is 13.8 Å². The molecule has 0 atom stereocenters. The summed E-state index contributed by atoms with van der Waals surface area (Å²) in [5, 5.41) is 0. The highest BCUT2D eigenvalue weighted by Gasteiger charge is 2.31. The summed E-state index contributed by atoms with van der Waals surface area (Å²) in [5.41, 5.74) is -0.407. The molecule has 0 fully saturated rings. The van der Waals surface area contributed by atoms with E-state index in [9.17, 15) is 9.59 Å². The van der Waals surface area contributed by atoms with Crippen LogP contribution in [-0.4, -0.2) is 18.2 Å². The molecule has 0 radical (unpaired) electrons. The van der Waals surface area contributed by atoms with Crippen LogP contribution in [-0.2, 0) is 19.1 Å². The normalized spacial score (nSPS) is 11.3. The van der Waals surface area contributed by atoms with Crippen LogP contribution in [0.5, 0.6) is 0 Å². The summed E-state index contributed by atoms with van der Waals surface area (Å²) in [6.07, 6.45) is -0.260. The van der Waals surface area contributed by atoms with Crippen molar-refractivity contribution < 1.29 is 19.1 Å². The molecule has 4 nitrogen and oxygen atoms in total. The average molecular weight is 216 g/mol. The van der Waals surface area contributed by atoms with E-state index in [-0.39, 0.29) is 24.8 Å². The van der Waals surface area contributed by atoms with Crippen molar-refractivity contribution in [2.75, 3.05) is 0 Å². The van der Waals surface area contributed by atoms with Gasteiger partial charge in [0.15, 0.2) is 0 Å². The van der Waals surface area contributed by atoms with E-state index in [0.29, 0.717) is 0 Å². The van der Waals surface area contributed by atoms with Crippen molar-refractivity contribution in [2.24, 2.45) is 5.41 Å². The Bertz CT molecular complexity index is 209. The molecule has 0 saturated heterocycles. The Kier molecular flexibility index (Phi) is 5.33. The molecule has 0 N–H and O–H groups in total. The van der Waals surface area contributed by atoms with Crippen LogP contribution in [0.1, 0.15) is 47.5 Å². The Labute approximate surface area is 90.9 Å². The molecule has 4 heteroatoms. The Morgan fingerprint density at radius 3 is 1.53 bits per heavy atom. The van der Waals surface area contributed by atoms with Crippen LogP contribution >= 0.6 is 0 Å². The van der Waals surface area contributed by atoms with Crippen molar-refractivity contribution in [2.45, 2.75) is 53.8 Å². The first-order valence-corrected chi connectivity index (χ1v) is 5.20. The molecule has 0 saturated carbocycles. The Balaban J connectivity index is 4.46. The van der Waals surface area contributed by atoms with Crippen LogP contribution in [0.25, 0.3) is 0 Å². The third-order valence-corrected chi connectivity index (χ3v) is 1.76. The molecule has 88 valence electrons. The highest BCUT2D eigenvalue weighted by atomic mass is 16.7. The number of ether oxygens (including phenoxy) is 2. The van der Waals surface area contributed by atoms with E-state index in [2.05, 4.69) is 0 Å². The van der Waals surface area contributed by atoms with Gasteiger partial charge >= 0.3 is 11.9 Å². The first-order valence-electron chi connectivity index (χ1n) is 5.20. The molecule has 0 heterocycles. The minimum atomic E-state index is -0.808. The molecule has 0 rings (SSSR count). The van der Waals surface area contributed by atoms with Crippen LogP contribution in [0.2, 0.25) is 0 Å². The monoisotopic (exact) mass is 216 g/mol. The van der Waals surface area contributed by atoms with Crippen LogP contribution < -0.4 is 0 Å². The molecular weight excluding hydrogens is 196 g/mol. The second kappa shape index (κ2) is 5.73. The third-order valence-electron chi connectivity index (χ3n) is 1.76. The number of esters is 2. The van der Waals surface area contributed by atoms with Gasteiger partial charge in [0.05, 0.1) is 0 Å². The van der Waals surface area contributed by atoms with Gasteiger partial charge in [0.25, 0.3) is 6.29 Å². The molecule has 0 amide bonds. The average Bonchev–Trinajstić information content (AvgIpc) is 2.14. The highest BCUT2D eigenvalue weighted by Crippen LogP contribution is 2.24. The fourth-order valence-corrected chi connectivity index (χ4v) is 0.783. The molecule has 0 aromatic heterocycles. The van der Waals surface area contributed by atoms with Crippen molar-refractivity contribution in [1.29, 1.82) is 0 Å². The molecular formula is C11H20O4. The number of carbonyl (C=O) groups is 2. The first kappa shape index (κ1) is 13.9. The highest BCUT2D eigenvalue weighted by molar-refractivity contribution is 5.71. The summed E-state index contributed by atoms with van der Waals surface area (Å²) in [5.74, 6) is -0.724. The zero-order chi connectivity index (χ0) is 12.1. The molecule has 0 aliphatic heterocycles. The third kappa shape index (κ3) is 5.40. The second-order valence-electron chi connectivity index (χ2n) is 4.38. The van der Waals surface area contributed by atoms with Gasteiger partial charge in [-0.25, -0.2) is 0 Å². The largest absolute Gasteiger partial charge is 0.425 e. The molecule has 0 aliphatic carbocycles. The van der Waals surface area contributed by atoms with Gasteiger partial charge in [0.2, 0.25) is 0 Å². The summed E-state index contributed by atoms with van der Waals surface area (Å²) in [4.78, 5) is 22.3. The van der Waals surface area contributed by atoms with E-state index in [1.165, 1.54) is 0 Å². The number of hydrogen-bond donors (Lipinski definition) is 0. The second-order valence-corrected chi connectivity index (χ2v) is 4.38. The van der Waals surface area contributed by atoms with E-state index >= 15 is 0 Å². The van der Waals surface area contributed by atoms with Crippen molar-refractivity contribution >= 4 is 11.9 Å². The lowest BCUT2D eigenvalue weighted by atomic mass is 9.96. The van der Waals surface area contributed by atoms with Gasteiger partial charge in [0.1, 0.15) is 0 Å². The Hall–Kier alpha value is -1.06. The SMILES string of the molecule is CCC(=O)OC(OC(=O)CC)C(C)(C)C. The van der Waals surface area contributed by atoms with Gasteiger partial charge in [-0.05, 0) is 0 Å². The number of carbonyl (C=O) groups excluding carboxylic acids is 2. The van der Waals surface area contributed by atoms with E-state index < -0.39 is 11.7 Å². The Morgan fingerprint density at radius 2 is 1.33 bits per heavy atom. The quantitative estimate of drug-likeness (QED) is 0.534. The standard InChI is InChI=1S/C11H20O4/c1-6-8(12)14-10(11(3,4)5)15-9(13)7-2/h10H,6-7H2,1-5H3. The summed E-state index contributed by atoms with van der Waals surface area (Å²) in [6, 6.07) is 0. The number of hydrogen-bond acceptors (Lipinski definition) is 4. The summed E-state index contributed by atoms with van der Waals surface area (Å²) in [7, 11) is 0. The lowest BCUT2D eigenvalue weighted by Gasteiger charge is -2.29. The summed E-state index contributed by atoms with van der Waals surface area (Å²) in [6.45, 7) is 8.95. The van der Waals surface area contributed by atoms with E-state index in [0.717, 1.165) is 0 Å². The molecule has 0 aromatic carbocycles. The van der Waals surface area contributed by atoms with Gasteiger partial charge in [-0.2, -0.15) is 0 Å². The minimum Gasteiger partial charge on any atom is -0.425 e. The molecule has 0 unspecified atom stereocenters. The van der Waals surface area contributed by atoms with Gasteiger partial charge < -0.3 is 9.47 Å². The molecule has 0 aromatic rings. The lowest BCUT2D eigenvalue weighted by Crippen LogP contribution is -2.35. The fourth-order valence-electron chi connectivity index (χ4n) is 0.783. The van der Waals surface area contributed by atoms with Gasteiger partial charge in [-0.1, -0.05) is 34.6 Å². The lowest BCUT2D eigenvalue weighted by molar-refractivity contribution is -0.207. The van der Waals surface area contributed by atoms with Crippen LogP contribution in [0.15, 0.2) is 0 Å². The van der Waals surface area contributed by atoms with Gasteiger partial charge in [-0.15, -0.1) is 0 Å². The summed E-state index contributed by atoms with van der Waals surface area (Å²) < 4.78 is 10.1. The molecule has 0 aliphatic rings. The summed E-state index contributed by atoms with van der Waals surface area (Å²) >= 11 is 0. The molecule has 15 heavy (non-hydrogen) atoms. The Morgan fingerprint density at radius 1 is 1.00 bits per heavy atom. The predicted molar refractivity (Wildman–Crippen MR) is 56.0 cm³/mol. The van der Waals surface area contributed by atoms with Crippen LogP contribution in [0.3, 0.4) is 0 Å². The molecule has 0 bridgehead atoms. The zero-order valence-corrected chi connectivity index (χ0v) is 10.1. The number of rotatable bonds is 4. The zero-order valence-electron chi connectivity index (χ0n) is 10.1. The smallest absolute Gasteiger partial charge is 0.308 e. The minimum absolute atomic E-state index is 0.274. The van der Waals surface area contributed by atoms with E-state index in [4.69, 9.17) is 9.47 Å². The maximum atomic E-state index is 11.1. The molecule has 0 spiro atoms. The van der Waals surface area contributed by atoms with E-state index in [1.807, 2.05) is 20.8 Å². The maximum absolute atomic E-state index is 11.1. The van der Waals surface area contributed by atoms with Crippen molar-refractivity contribution in [1.82, 2.24) is 0 Å². The topological polar surface area (TPSA) is 52.6 Å².